The lowest BCUT2D eigenvalue weighted by molar-refractivity contribution is 0.0943. The molecule has 7 nitrogen and oxygen atoms in total. The number of carbonyl (C=O) groups is 1. The van der Waals surface area contributed by atoms with Crippen molar-refractivity contribution in [2.45, 2.75) is 52.6 Å². The van der Waals surface area contributed by atoms with E-state index >= 15 is 0 Å². The lowest BCUT2D eigenvalue weighted by atomic mass is 10.1. The van der Waals surface area contributed by atoms with Crippen LogP contribution in [0, 0.1) is 5.92 Å². The maximum Gasteiger partial charge on any atom is 0.251 e. The minimum absolute atomic E-state index is 0.0786. The number of amides is 1. The van der Waals surface area contributed by atoms with E-state index in [9.17, 15) is 4.79 Å². The van der Waals surface area contributed by atoms with E-state index in [1.54, 1.807) is 0 Å². The zero-order valence-corrected chi connectivity index (χ0v) is 20.3. The van der Waals surface area contributed by atoms with Crippen molar-refractivity contribution in [1.82, 2.24) is 29.8 Å². The summed E-state index contributed by atoms with van der Waals surface area (Å²) in [6.45, 7) is 10.8. The fourth-order valence-electron chi connectivity index (χ4n) is 4.82. The number of aromatic nitrogens is 4. The van der Waals surface area contributed by atoms with E-state index in [0.29, 0.717) is 17.4 Å². The number of likely N-dealkylation sites (tertiary alicyclic amines) is 1. The molecule has 1 amide bonds. The Morgan fingerprint density at radius 3 is 2.71 bits per heavy atom. The molecule has 4 aromatic rings. The number of fused-ring (bicyclic) bond motifs is 2. The topological polar surface area (TPSA) is 75.4 Å². The minimum atomic E-state index is -0.0946. The first kappa shape index (κ1) is 22.5. The average molecular weight is 457 g/mol. The van der Waals surface area contributed by atoms with E-state index in [1.165, 1.54) is 18.4 Å². The van der Waals surface area contributed by atoms with Crippen LogP contribution in [0.25, 0.3) is 28.1 Å². The normalized spacial score (nSPS) is 17.6. The smallest absolute Gasteiger partial charge is 0.251 e. The van der Waals surface area contributed by atoms with Crippen molar-refractivity contribution in [1.29, 1.82) is 0 Å². The third kappa shape index (κ3) is 4.28. The molecular formula is C27H32N6O. The summed E-state index contributed by atoms with van der Waals surface area (Å²) in [6.07, 6.45) is 4.67. The minimum Gasteiger partial charge on any atom is -0.350 e. The average Bonchev–Trinajstić information content (AvgIpc) is 3.49. The highest BCUT2D eigenvalue weighted by atomic mass is 16.1. The summed E-state index contributed by atoms with van der Waals surface area (Å²) in [4.78, 5) is 19.9. The zero-order valence-electron chi connectivity index (χ0n) is 20.3. The molecule has 176 valence electrons. The molecule has 2 atom stereocenters. The summed E-state index contributed by atoms with van der Waals surface area (Å²) >= 11 is 0. The van der Waals surface area contributed by atoms with Gasteiger partial charge in [-0.1, -0.05) is 31.5 Å². The Morgan fingerprint density at radius 1 is 1.12 bits per heavy atom. The molecule has 1 aliphatic heterocycles. The molecule has 1 aliphatic rings. The van der Waals surface area contributed by atoms with Gasteiger partial charge in [-0.3, -0.25) is 14.1 Å². The lowest BCUT2D eigenvalue weighted by Crippen LogP contribution is -2.29. The van der Waals surface area contributed by atoms with Crippen LogP contribution in [0.3, 0.4) is 0 Å². The van der Waals surface area contributed by atoms with Crippen LogP contribution in [0.4, 0.5) is 0 Å². The molecule has 5 rings (SSSR count). The largest absolute Gasteiger partial charge is 0.350 e. The van der Waals surface area contributed by atoms with Gasteiger partial charge in [0.2, 0.25) is 0 Å². The van der Waals surface area contributed by atoms with E-state index in [2.05, 4.69) is 46.5 Å². The molecule has 0 unspecified atom stereocenters. The first-order chi connectivity index (χ1) is 16.4. The van der Waals surface area contributed by atoms with E-state index in [1.807, 2.05) is 54.6 Å². The number of carbonyl (C=O) groups excluding carboxylic acids is 1. The molecule has 3 aromatic heterocycles. The molecule has 34 heavy (non-hydrogen) atoms. The fourth-order valence-corrected chi connectivity index (χ4v) is 4.82. The van der Waals surface area contributed by atoms with Crippen LogP contribution in [-0.4, -0.2) is 49.5 Å². The SMILES string of the molecule is CC[C@H]1CCN([C@@H](C)c2ccc3nnc(-c4ccc5ccc(C(=O)NC(C)C)cc5n4)n3c2)C1. The van der Waals surface area contributed by atoms with E-state index < -0.39 is 0 Å². The van der Waals surface area contributed by atoms with Crippen LogP contribution in [-0.2, 0) is 0 Å². The van der Waals surface area contributed by atoms with Crippen LogP contribution >= 0.6 is 0 Å². The second-order valence-corrected chi connectivity index (χ2v) is 9.68. The number of hydrogen-bond donors (Lipinski definition) is 1. The van der Waals surface area contributed by atoms with Gasteiger partial charge in [0.1, 0.15) is 5.69 Å². The number of benzene rings is 1. The number of pyridine rings is 2. The first-order valence-electron chi connectivity index (χ1n) is 12.2. The van der Waals surface area contributed by atoms with Crippen LogP contribution in [0.2, 0.25) is 0 Å². The van der Waals surface area contributed by atoms with Gasteiger partial charge >= 0.3 is 0 Å². The van der Waals surface area contributed by atoms with E-state index in [0.717, 1.165) is 41.3 Å². The molecule has 1 fully saturated rings. The van der Waals surface area contributed by atoms with Crippen molar-refractivity contribution >= 4 is 22.5 Å². The van der Waals surface area contributed by atoms with Crippen molar-refractivity contribution in [3.63, 3.8) is 0 Å². The van der Waals surface area contributed by atoms with Gasteiger partial charge < -0.3 is 5.32 Å². The van der Waals surface area contributed by atoms with Crippen LogP contribution in [0.5, 0.6) is 0 Å². The molecule has 1 saturated heterocycles. The molecule has 1 aromatic carbocycles. The predicted octanol–water partition coefficient (Wildman–Crippen LogP) is 4.88. The van der Waals surface area contributed by atoms with Gasteiger partial charge in [0.15, 0.2) is 11.5 Å². The van der Waals surface area contributed by atoms with Gasteiger partial charge in [-0.05, 0) is 69.5 Å². The fraction of sp³-hybridized carbons (Fsp3) is 0.407. The first-order valence-corrected chi connectivity index (χ1v) is 12.2. The van der Waals surface area contributed by atoms with Crippen molar-refractivity contribution in [3.8, 4) is 11.5 Å². The lowest BCUT2D eigenvalue weighted by Gasteiger charge is -2.24. The molecule has 0 aliphatic carbocycles. The molecule has 1 N–H and O–H groups in total. The summed E-state index contributed by atoms with van der Waals surface area (Å²) in [7, 11) is 0. The summed E-state index contributed by atoms with van der Waals surface area (Å²) in [6, 6.07) is 14.2. The van der Waals surface area contributed by atoms with Crippen LogP contribution < -0.4 is 5.32 Å². The highest BCUT2D eigenvalue weighted by Gasteiger charge is 2.26. The number of nitrogens with zero attached hydrogens (tertiary/aromatic N) is 5. The van der Waals surface area contributed by atoms with Gasteiger partial charge in [-0.2, -0.15) is 0 Å². The van der Waals surface area contributed by atoms with Crippen LogP contribution in [0.15, 0.2) is 48.7 Å². The Bertz CT molecular complexity index is 1340. The maximum absolute atomic E-state index is 12.5. The maximum atomic E-state index is 12.5. The summed E-state index contributed by atoms with van der Waals surface area (Å²) in [5.74, 6) is 1.41. The van der Waals surface area contributed by atoms with E-state index in [-0.39, 0.29) is 11.9 Å². The molecule has 7 heteroatoms. The highest BCUT2D eigenvalue weighted by Crippen LogP contribution is 2.30. The van der Waals surface area contributed by atoms with Gasteiger partial charge in [0.05, 0.1) is 5.52 Å². The van der Waals surface area contributed by atoms with Gasteiger partial charge in [-0.25, -0.2) is 4.98 Å². The van der Waals surface area contributed by atoms with Gasteiger partial charge in [0.25, 0.3) is 5.91 Å². The van der Waals surface area contributed by atoms with E-state index in [4.69, 9.17) is 4.98 Å². The molecular weight excluding hydrogens is 424 g/mol. The molecule has 0 spiro atoms. The molecule has 0 saturated carbocycles. The third-order valence-electron chi connectivity index (χ3n) is 6.95. The van der Waals surface area contributed by atoms with Gasteiger partial charge in [-0.15, -0.1) is 10.2 Å². The molecule has 4 heterocycles. The number of nitrogens with one attached hydrogen (secondary N) is 1. The zero-order chi connectivity index (χ0) is 23.8. The summed E-state index contributed by atoms with van der Waals surface area (Å²) in [5, 5.41) is 12.7. The molecule has 0 radical (unpaired) electrons. The molecule has 0 bridgehead atoms. The Hall–Kier alpha value is -3.32. The van der Waals surface area contributed by atoms with Gasteiger partial charge in [0, 0.05) is 35.8 Å². The highest BCUT2D eigenvalue weighted by molar-refractivity contribution is 5.98. The number of rotatable bonds is 6. The summed E-state index contributed by atoms with van der Waals surface area (Å²) in [5.41, 5.74) is 4.14. The predicted molar refractivity (Wildman–Crippen MR) is 135 cm³/mol. The Labute approximate surface area is 200 Å². The van der Waals surface area contributed by atoms with Crippen LogP contribution in [0.1, 0.15) is 62.5 Å². The number of hydrogen-bond acceptors (Lipinski definition) is 5. The van der Waals surface area contributed by atoms with Crippen molar-refractivity contribution in [2.24, 2.45) is 5.92 Å². The third-order valence-corrected chi connectivity index (χ3v) is 6.95. The second kappa shape index (κ2) is 9.14. The Morgan fingerprint density at radius 2 is 1.94 bits per heavy atom. The standard InChI is InChI=1S/C27H32N6O/c1-5-19-12-13-32(15-19)18(4)22-9-11-25-30-31-26(33(25)16-22)23-10-8-20-6-7-21(14-24(20)29-23)27(34)28-17(2)3/h6-11,14,16-19H,5,12-13,15H2,1-4H3,(H,28,34)/t18-,19-/m0/s1. The van der Waals surface area contributed by atoms with Crippen molar-refractivity contribution in [2.75, 3.05) is 13.1 Å². The Kier molecular flexibility index (Phi) is 6.04. The monoisotopic (exact) mass is 456 g/mol. The summed E-state index contributed by atoms with van der Waals surface area (Å²) < 4.78 is 2.03. The Balaban J connectivity index is 1.49. The second-order valence-electron chi connectivity index (χ2n) is 9.68. The van der Waals surface area contributed by atoms with Crippen molar-refractivity contribution < 1.29 is 4.79 Å². The van der Waals surface area contributed by atoms with Crippen molar-refractivity contribution in [3.05, 3.63) is 59.8 Å². The quantitative estimate of drug-likeness (QED) is 0.448.